The number of amides is 1. The monoisotopic (exact) mass is 542 g/mol. The number of alkyl halides is 3. The summed E-state index contributed by atoms with van der Waals surface area (Å²) in [6, 6.07) is 12.4. The molecule has 173 valence electrons. The molecule has 1 aliphatic heterocycles. The largest absolute Gasteiger partial charge is 0.497 e. The zero-order valence-corrected chi connectivity index (χ0v) is 23.4. The SMILES string of the molecule is COc1ccc(C2O[C@@H](C(=O)O)[C@H](c3ccccc3)N2C(=O)OCC(Cl)(Cl)Cl)c(OC)c1.[K]. The number of hydrogen-bond acceptors (Lipinski definition) is 6. The first-order valence-corrected chi connectivity index (χ1v) is 10.5. The number of carboxylic acid groups (broad SMARTS) is 1. The third-order valence-corrected chi connectivity index (χ3v) is 5.10. The molecule has 2 aromatic rings. The van der Waals surface area contributed by atoms with Crippen molar-refractivity contribution in [3.8, 4) is 11.5 Å². The van der Waals surface area contributed by atoms with Crippen LogP contribution in [0.5, 0.6) is 11.5 Å². The number of ether oxygens (including phenoxy) is 4. The Morgan fingerprint density at radius 2 is 1.76 bits per heavy atom. The van der Waals surface area contributed by atoms with Crippen LogP contribution in [0.1, 0.15) is 23.4 Å². The maximum atomic E-state index is 13.1. The fourth-order valence-electron chi connectivity index (χ4n) is 3.42. The molecule has 1 amide bonds. The predicted molar refractivity (Wildman–Crippen MR) is 123 cm³/mol. The van der Waals surface area contributed by atoms with Crippen molar-refractivity contribution in [2.24, 2.45) is 0 Å². The zero-order chi connectivity index (χ0) is 23.5. The van der Waals surface area contributed by atoms with Gasteiger partial charge in [-0.15, -0.1) is 0 Å². The summed E-state index contributed by atoms with van der Waals surface area (Å²) in [7, 11) is 2.93. The van der Waals surface area contributed by atoms with Crippen LogP contribution in [-0.4, -0.2) is 104 Å². The molecule has 1 unspecified atom stereocenters. The van der Waals surface area contributed by atoms with Crippen molar-refractivity contribution >= 4 is 98.2 Å². The van der Waals surface area contributed by atoms with E-state index in [2.05, 4.69) is 0 Å². The molecule has 0 aromatic heterocycles. The molecule has 1 heterocycles. The first-order valence-electron chi connectivity index (χ1n) is 9.33. The van der Waals surface area contributed by atoms with E-state index in [1.807, 2.05) is 0 Å². The van der Waals surface area contributed by atoms with Crippen LogP contribution in [0.25, 0.3) is 0 Å². The Hall–Kier alpha value is -0.754. The zero-order valence-electron chi connectivity index (χ0n) is 18.0. The number of methoxy groups -OCH3 is 2. The van der Waals surface area contributed by atoms with E-state index in [-0.39, 0.29) is 51.4 Å². The predicted octanol–water partition coefficient (Wildman–Crippen LogP) is 4.36. The minimum Gasteiger partial charge on any atom is -0.497 e. The summed E-state index contributed by atoms with van der Waals surface area (Å²) < 4.78 is 19.8. The summed E-state index contributed by atoms with van der Waals surface area (Å²) in [5, 5.41) is 9.86. The van der Waals surface area contributed by atoms with E-state index in [9.17, 15) is 14.7 Å². The van der Waals surface area contributed by atoms with Crippen molar-refractivity contribution in [3.05, 3.63) is 59.7 Å². The molecule has 33 heavy (non-hydrogen) atoms. The van der Waals surface area contributed by atoms with Gasteiger partial charge in [0.2, 0.25) is 3.79 Å². The molecule has 0 spiro atoms. The number of benzene rings is 2. The molecule has 0 saturated carbocycles. The van der Waals surface area contributed by atoms with E-state index >= 15 is 0 Å². The van der Waals surface area contributed by atoms with Crippen LogP contribution in [0.3, 0.4) is 0 Å². The number of nitrogens with zero attached hydrogens (tertiary/aromatic N) is 1. The number of rotatable bonds is 6. The summed E-state index contributed by atoms with van der Waals surface area (Å²) in [4.78, 5) is 26.4. The second-order valence-corrected chi connectivity index (χ2v) is 9.30. The van der Waals surface area contributed by atoms with Gasteiger partial charge in [-0.3, -0.25) is 4.90 Å². The van der Waals surface area contributed by atoms with Crippen LogP contribution in [0.2, 0.25) is 0 Å². The number of carbonyl (C=O) groups excluding carboxylic acids is 1. The summed E-state index contributed by atoms with van der Waals surface area (Å²) in [5.74, 6) is -0.428. The van der Waals surface area contributed by atoms with Crippen molar-refractivity contribution in [2.45, 2.75) is 22.2 Å². The molecule has 3 atom stereocenters. The van der Waals surface area contributed by atoms with Crippen molar-refractivity contribution in [2.75, 3.05) is 20.8 Å². The quantitative estimate of drug-likeness (QED) is 0.427. The molecule has 2 aromatic carbocycles. The average molecular weight is 544 g/mol. The van der Waals surface area contributed by atoms with Gasteiger partial charge in [0, 0.05) is 63.0 Å². The van der Waals surface area contributed by atoms with Gasteiger partial charge in [0.1, 0.15) is 24.1 Å². The summed E-state index contributed by atoms with van der Waals surface area (Å²) in [6.45, 7) is -0.543. The Labute approximate surface area is 248 Å². The van der Waals surface area contributed by atoms with Crippen LogP contribution in [-0.2, 0) is 14.3 Å². The van der Waals surface area contributed by atoms with Gasteiger partial charge in [-0.05, 0) is 17.7 Å². The van der Waals surface area contributed by atoms with Crippen molar-refractivity contribution in [1.29, 1.82) is 0 Å². The summed E-state index contributed by atoms with van der Waals surface area (Å²) in [5.41, 5.74) is 0.921. The van der Waals surface area contributed by atoms with Gasteiger partial charge in [-0.2, -0.15) is 0 Å². The van der Waals surface area contributed by atoms with E-state index in [0.29, 0.717) is 22.6 Å². The van der Waals surface area contributed by atoms with Crippen LogP contribution >= 0.6 is 34.8 Å². The number of hydrogen-bond donors (Lipinski definition) is 1. The number of aliphatic carboxylic acids is 1. The van der Waals surface area contributed by atoms with Gasteiger partial charge < -0.3 is 24.1 Å². The van der Waals surface area contributed by atoms with E-state index in [1.54, 1.807) is 48.5 Å². The first-order chi connectivity index (χ1) is 15.2. The maximum absolute atomic E-state index is 13.1. The first kappa shape index (κ1) is 28.5. The smallest absolute Gasteiger partial charge is 0.412 e. The van der Waals surface area contributed by atoms with Crippen molar-refractivity contribution < 1.29 is 33.6 Å². The number of carbonyl (C=O) groups is 2. The molecule has 3 rings (SSSR count). The van der Waals surface area contributed by atoms with E-state index in [0.717, 1.165) is 4.90 Å². The number of carboxylic acids is 1. The Morgan fingerprint density at radius 1 is 1.09 bits per heavy atom. The van der Waals surface area contributed by atoms with Crippen LogP contribution < -0.4 is 9.47 Å². The van der Waals surface area contributed by atoms with Gasteiger partial charge in [0.25, 0.3) is 0 Å². The van der Waals surface area contributed by atoms with E-state index < -0.39 is 40.8 Å². The van der Waals surface area contributed by atoms with Gasteiger partial charge >= 0.3 is 12.1 Å². The third kappa shape index (κ3) is 6.90. The van der Waals surface area contributed by atoms with Crippen LogP contribution in [0.15, 0.2) is 48.5 Å². The average Bonchev–Trinajstić information content (AvgIpc) is 3.18. The molecule has 1 fully saturated rings. The second-order valence-electron chi connectivity index (χ2n) is 6.79. The third-order valence-electron chi connectivity index (χ3n) is 4.78. The van der Waals surface area contributed by atoms with Crippen molar-refractivity contribution in [3.63, 3.8) is 0 Å². The normalized spacial score (nSPS) is 20.0. The minimum absolute atomic E-state index is 0. The van der Waals surface area contributed by atoms with Crippen LogP contribution in [0, 0.1) is 0 Å². The Balaban J connectivity index is 0.00000385. The van der Waals surface area contributed by atoms with Gasteiger partial charge in [-0.1, -0.05) is 65.1 Å². The summed E-state index contributed by atoms with van der Waals surface area (Å²) >= 11 is 17.2. The Bertz CT molecular complexity index is 974. The molecule has 1 radical (unpaired) electrons. The van der Waals surface area contributed by atoms with E-state index in [4.69, 9.17) is 53.8 Å². The van der Waals surface area contributed by atoms with Crippen LogP contribution in [0.4, 0.5) is 4.79 Å². The molecule has 0 aliphatic carbocycles. The fourth-order valence-corrected chi connectivity index (χ4v) is 3.59. The van der Waals surface area contributed by atoms with Gasteiger partial charge in [-0.25, -0.2) is 9.59 Å². The molecule has 1 aliphatic rings. The van der Waals surface area contributed by atoms with Gasteiger partial charge in [0.15, 0.2) is 12.3 Å². The summed E-state index contributed by atoms with van der Waals surface area (Å²) in [6.07, 6.45) is -3.48. The number of halogens is 3. The Morgan fingerprint density at radius 3 is 2.30 bits per heavy atom. The maximum Gasteiger partial charge on any atom is 0.412 e. The molecule has 1 N–H and O–H groups in total. The topological polar surface area (TPSA) is 94.5 Å². The molecule has 8 nitrogen and oxygen atoms in total. The van der Waals surface area contributed by atoms with Gasteiger partial charge in [0.05, 0.1) is 14.2 Å². The molecule has 0 bridgehead atoms. The van der Waals surface area contributed by atoms with Crippen molar-refractivity contribution in [1.82, 2.24) is 4.90 Å². The molecular weight excluding hydrogens is 524 g/mol. The Kier molecular flexibility index (Phi) is 10.6. The standard InChI is InChI=1S/C21H20Cl3NO7.K/c1-29-13-8-9-14(15(10-13)30-2)18-25(20(28)31-11-21(22,23)24)16(17(32-18)19(26)27)12-6-4-3-5-7-12;/h3-10,16-18H,11H2,1-2H3,(H,26,27);/t16-,17+,18?;/m0./s1. The fraction of sp³-hybridized carbons (Fsp3) is 0.333. The molecule has 1 saturated heterocycles. The van der Waals surface area contributed by atoms with E-state index in [1.165, 1.54) is 14.2 Å². The molecule has 12 heteroatoms. The molecular formula is C21H20Cl3KNO7. The minimum atomic E-state index is -1.85. The second kappa shape index (κ2) is 12.3.